The highest BCUT2D eigenvalue weighted by Gasteiger charge is 2.21. The van der Waals surface area contributed by atoms with Crippen LogP contribution in [-0.4, -0.2) is 37.3 Å². The van der Waals surface area contributed by atoms with Crippen molar-refractivity contribution in [2.45, 2.75) is 45.3 Å². The van der Waals surface area contributed by atoms with Crippen LogP contribution in [0, 0.1) is 0 Å². The summed E-state index contributed by atoms with van der Waals surface area (Å²) in [6.07, 6.45) is 6.48. The summed E-state index contributed by atoms with van der Waals surface area (Å²) in [6, 6.07) is 3.20. The lowest BCUT2D eigenvalue weighted by Crippen LogP contribution is -2.37. The second-order valence-corrected chi connectivity index (χ2v) is 5.25. The molecule has 1 aliphatic rings. The topological polar surface area (TPSA) is 37.4 Å². The minimum absolute atomic E-state index is 0.372. The number of hydrogen-bond donors (Lipinski definition) is 1. The molecule has 0 radical (unpaired) electrons. The van der Waals surface area contributed by atoms with Gasteiger partial charge in [-0.1, -0.05) is 0 Å². The lowest BCUT2D eigenvalue weighted by atomic mass is 10.1. The molecule has 4 heteroatoms. The number of nitrogens with zero attached hydrogens (tertiary/aromatic N) is 2. The SMILES string of the molecule is CCN(c1ccncc1CNC1CC1)C(C)COC. The van der Waals surface area contributed by atoms with Crippen LogP contribution in [0.25, 0.3) is 0 Å². The van der Waals surface area contributed by atoms with Crippen LogP contribution in [0.3, 0.4) is 0 Å². The van der Waals surface area contributed by atoms with Crippen LogP contribution in [-0.2, 0) is 11.3 Å². The van der Waals surface area contributed by atoms with Crippen LogP contribution < -0.4 is 10.2 Å². The molecule has 4 nitrogen and oxygen atoms in total. The molecule has 1 aromatic rings. The molecular formula is C15H25N3O. The summed E-state index contributed by atoms with van der Waals surface area (Å²) in [7, 11) is 1.76. The number of methoxy groups -OCH3 is 1. The monoisotopic (exact) mass is 263 g/mol. The molecule has 2 rings (SSSR count). The molecule has 1 fully saturated rings. The smallest absolute Gasteiger partial charge is 0.0663 e. The van der Waals surface area contributed by atoms with E-state index in [0.29, 0.717) is 6.04 Å². The van der Waals surface area contributed by atoms with Gasteiger partial charge in [0.1, 0.15) is 0 Å². The van der Waals surface area contributed by atoms with Crippen molar-refractivity contribution in [2.24, 2.45) is 0 Å². The fraction of sp³-hybridized carbons (Fsp3) is 0.667. The van der Waals surface area contributed by atoms with Crippen LogP contribution in [0.1, 0.15) is 32.3 Å². The van der Waals surface area contributed by atoms with E-state index in [1.165, 1.54) is 24.1 Å². The molecule has 1 atom stereocenters. The van der Waals surface area contributed by atoms with Crippen molar-refractivity contribution in [3.05, 3.63) is 24.0 Å². The number of anilines is 1. The van der Waals surface area contributed by atoms with Crippen molar-refractivity contribution in [1.82, 2.24) is 10.3 Å². The van der Waals surface area contributed by atoms with E-state index in [1.54, 1.807) is 7.11 Å². The maximum absolute atomic E-state index is 5.28. The maximum Gasteiger partial charge on any atom is 0.0663 e. The van der Waals surface area contributed by atoms with Crippen LogP contribution in [0.2, 0.25) is 0 Å². The quantitative estimate of drug-likeness (QED) is 0.780. The number of aromatic nitrogens is 1. The fourth-order valence-corrected chi connectivity index (χ4v) is 2.43. The van der Waals surface area contributed by atoms with Crippen molar-refractivity contribution < 1.29 is 4.74 Å². The van der Waals surface area contributed by atoms with Gasteiger partial charge in [-0.2, -0.15) is 0 Å². The zero-order valence-electron chi connectivity index (χ0n) is 12.2. The number of ether oxygens (including phenoxy) is 1. The fourth-order valence-electron chi connectivity index (χ4n) is 2.43. The minimum Gasteiger partial charge on any atom is -0.383 e. The van der Waals surface area contributed by atoms with Crippen LogP contribution in [0.4, 0.5) is 5.69 Å². The van der Waals surface area contributed by atoms with Gasteiger partial charge in [0.2, 0.25) is 0 Å². The van der Waals surface area contributed by atoms with E-state index in [0.717, 1.165) is 25.7 Å². The molecule has 0 aliphatic heterocycles. The van der Waals surface area contributed by atoms with Gasteiger partial charge in [0, 0.05) is 55.9 Å². The van der Waals surface area contributed by atoms with Crippen LogP contribution >= 0.6 is 0 Å². The molecule has 0 spiro atoms. The normalized spacial score (nSPS) is 16.4. The predicted octanol–water partition coefficient (Wildman–Crippen LogP) is 2.19. The Balaban J connectivity index is 2.10. The molecule has 0 bridgehead atoms. The third kappa shape index (κ3) is 3.91. The Morgan fingerprint density at radius 1 is 1.53 bits per heavy atom. The first-order chi connectivity index (χ1) is 9.26. The van der Waals surface area contributed by atoms with E-state index in [2.05, 4.69) is 35.1 Å². The van der Waals surface area contributed by atoms with Gasteiger partial charge in [-0.25, -0.2) is 0 Å². The third-order valence-electron chi connectivity index (χ3n) is 3.63. The summed E-state index contributed by atoms with van der Waals surface area (Å²) in [6.45, 7) is 7.01. The number of hydrogen-bond acceptors (Lipinski definition) is 4. The van der Waals surface area contributed by atoms with Crippen molar-refractivity contribution in [2.75, 3.05) is 25.2 Å². The standard InChI is InChI=1S/C15H25N3O/c1-4-18(12(2)11-19-3)15-7-8-16-9-13(15)10-17-14-5-6-14/h7-9,12,14,17H,4-6,10-11H2,1-3H3. The molecule has 1 N–H and O–H groups in total. The van der Waals surface area contributed by atoms with E-state index in [-0.39, 0.29) is 0 Å². The molecule has 1 saturated carbocycles. The molecule has 1 aliphatic carbocycles. The highest BCUT2D eigenvalue weighted by molar-refractivity contribution is 5.53. The average Bonchev–Trinajstić information content (AvgIpc) is 3.23. The molecule has 1 unspecified atom stereocenters. The van der Waals surface area contributed by atoms with E-state index in [1.807, 2.05) is 12.4 Å². The molecule has 0 saturated heterocycles. The summed E-state index contributed by atoms with van der Waals surface area (Å²) < 4.78 is 5.28. The summed E-state index contributed by atoms with van der Waals surface area (Å²) in [5.41, 5.74) is 2.55. The van der Waals surface area contributed by atoms with E-state index >= 15 is 0 Å². The second kappa shape index (κ2) is 6.87. The number of pyridine rings is 1. The van der Waals surface area contributed by atoms with Gasteiger partial charge in [0.05, 0.1) is 6.61 Å². The van der Waals surface area contributed by atoms with Gasteiger partial charge in [-0.05, 0) is 32.8 Å². The van der Waals surface area contributed by atoms with Crippen molar-refractivity contribution in [1.29, 1.82) is 0 Å². The summed E-state index contributed by atoms with van der Waals surface area (Å²) in [5.74, 6) is 0. The van der Waals surface area contributed by atoms with E-state index < -0.39 is 0 Å². The lowest BCUT2D eigenvalue weighted by molar-refractivity contribution is 0.182. The first-order valence-corrected chi connectivity index (χ1v) is 7.18. The Labute approximate surface area is 116 Å². The van der Waals surface area contributed by atoms with Gasteiger partial charge in [0.15, 0.2) is 0 Å². The average molecular weight is 263 g/mol. The second-order valence-electron chi connectivity index (χ2n) is 5.25. The molecular weight excluding hydrogens is 238 g/mol. The van der Waals surface area contributed by atoms with Gasteiger partial charge >= 0.3 is 0 Å². The Morgan fingerprint density at radius 3 is 2.95 bits per heavy atom. The van der Waals surface area contributed by atoms with Gasteiger partial charge in [-0.3, -0.25) is 4.98 Å². The van der Waals surface area contributed by atoms with Gasteiger partial charge in [-0.15, -0.1) is 0 Å². The van der Waals surface area contributed by atoms with Crippen LogP contribution in [0.5, 0.6) is 0 Å². The van der Waals surface area contributed by atoms with Crippen molar-refractivity contribution in [3.8, 4) is 0 Å². The van der Waals surface area contributed by atoms with E-state index in [9.17, 15) is 0 Å². The number of rotatable bonds is 8. The Morgan fingerprint density at radius 2 is 2.32 bits per heavy atom. The third-order valence-corrected chi connectivity index (χ3v) is 3.63. The van der Waals surface area contributed by atoms with Crippen LogP contribution in [0.15, 0.2) is 18.5 Å². The first-order valence-electron chi connectivity index (χ1n) is 7.18. The summed E-state index contributed by atoms with van der Waals surface area (Å²) >= 11 is 0. The van der Waals surface area contributed by atoms with Crippen molar-refractivity contribution in [3.63, 3.8) is 0 Å². The number of likely N-dealkylation sites (N-methyl/N-ethyl adjacent to an activating group) is 1. The number of nitrogens with one attached hydrogen (secondary N) is 1. The largest absolute Gasteiger partial charge is 0.383 e. The minimum atomic E-state index is 0.372. The molecule has 0 amide bonds. The zero-order valence-corrected chi connectivity index (χ0v) is 12.2. The van der Waals surface area contributed by atoms with E-state index in [4.69, 9.17) is 4.74 Å². The Kier molecular flexibility index (Phi) is 5.16. The molecule has 1 aromatic heterocycles. The molecule has 0 aromatic carbocycles. The molecule has 1 heterocycles. The van der Waals surface area contributed by atoms with Gasteiger partial charge < -0.3 is 15.0 Å². The predicted molar refractivity (Wildman–Crippen MR) is 78.5 cm³/mol. The van der Waals surface area contributed by atoms with Gasteiger partial charge in [0.25, 0.3) is 0 Å². The highest BCUT2D eigenvalue weighted by Crippen LogP contribution is 2.24. The molecule has 19 heavy (non-hydrogen) atoms. The summed E-state index contributed by atoms with van der Waals surface area (Å²) in [4.78, 5) is 6.65. The Hall–Kier alpha value is -1.13. The van der Waals surface area contributed by atoms with Crippen molar-refractivity contribution >= 4 is 5.69 Å². The maximum atomic E-state index is 5.28. The summed E-state index contributed by atoms with van der Waals surface area (Å²) in [5, 5.41) is 3.57. The Bertz CT molecular complexity index is 393. The molecule has 106 valence electrons. The zero-order chi connectivity index (χ0) is 13.7. The highest BCUT2D eigenvalue weighted by atomic mass is 16.5. The first kappa shape index (κ1) is 14.3. The lowest BCUT2D eigenvalue weighted by Gasteiger charge is -2.31.